The lowest BCUT2D eigenvalue weighted by atomic mass is 9.86. The van der Waals surface area contributed by atoms with E-state index in [4.69, 9.17) is 17.3 Å². The van der Waals surface area contributed by atoms with Crippen LogP contribution in [0, 0.1) is 0 Å². The quantitative estimate of drug-likeness (QED) is 0.848. The molecule has 2 aliphatic carbocycles. The van der Waals surface area contributed by atoms with Gasteiger partial charge < -0.3 is 10.7 Å². The van der Waals surface area contributed by atoms with E-state index >= 15 is 0 Å². The summed E-state index contributed by atoms with van der Waals surface area (Å²) in [5.41, 5.74) is 10.4. The Bertz CT molecular complexity index is 746. The summed E-state index contributed by atoms with van der Waals surface area (Å²) in [6.45, 7) is 0. The number of anilines is 1. The molecule has 22 heavy (non-hydrogen) atoms. The number of hydrogen-bond acceptors (Lipinski definition) is 3. The van der Waals surface area contributed by atoms with Crippen LogP contribution < -0.4 is 5.73 Å². The number of nitrogens with two attached hydrogens (primary N) is 1. The summed E-state index contributed by atoms with van der Waals surface area (Å²) in [5, 5.41) is 5.10. The Morgan fingerprint density at radius 1 is 1.32 bits per heavy atom. The van der Waals surface area contributed by atoms with E-state index in [0.29, 0.717) is 11.0 Å². The highest BCUT2D eigenvalue weighted by atomic mass is 35.5. The fourth-order valence-corrected chi connectivity index (χ4v) is 4.01. The fraction of sp³-hybridized carbons (Fsp3) is 0.500. The molecule has 2 aliphatic rings. The maximum atomic E-state index is 13.0. The average Bonchev–Trinajstić information content (AvgIpc) is 3.06. The van der Waals surface area contributed by atoms with E-state index in [-0.39, 0.29) is 11.8 Å². The summed E-state index contributed by atoms with van der Waals surface area (Å²) >= 11 is 6.07. The van der Waals surface area contributed by atoms with E-state index in [1.165, 1.54) is 4.68 Å². The Hall–Kier alpha value is -1.75. The number of rotatable bonds is 1. The Labute approximate surface area is 133 Å². The topological polar surface area (TPSA) is 76.7 Å². The zero-order valence-electron chi connectivity index (χ0n) is 12.4. The largest absolute Gasteiger partial charge is 0.383 e. The standard InChI is InChI=1S/C16H19ClN4O/c17-14-8-11-9(5-3-7-12(11)19-14)16(22)21-15(18)10-4-1-2-6-13(10)20-21/h8-9,19H,1-7,18H2/t9-/m1/s1. The highest BCUT2D eigenvalue weighted by Gasteiger charge is 2.32. The molecule has 0 aliphatic heterocycles. The van der Waals surface area contributed by atoms with Gasteiger partial charge in [0.25, 0.3) is 5.91 Å². The van der Waals surface area contributed by atoms with Gasteiger partial charge in [0.05, 0.1) is 11.6 Å². The predicted molar refractivity (Wildman–Crippen MR) is 85.4 cm³/mol. The molecule has 0 bridgehead atoms. The van der Waals surface area contributed by atoms with Gasteiger partial charge >= 0.3 is 0 Å². The molecular weight excluding hydrogens is 300 g/mol. The normalized spacial score (nSPS) is 20.5. The van der Waals surface area contributed by atoms with E-state index in [9.17, 15) is 4.79 Å². The first-order valence-corrected chi connectivity index (χ1v) is 8.30. The molecular formula is C16H19ClN4O. The molecule has 5 nitrogen and oxygen atoms in total. The molecule has 116 valence electrons. The van der Waals surface area contributed by atoms with Gasteiger partial charge in [-0.15, -0.1) is 0 Å². The predicted octanol–water partition coefficient (Wildman–Crippen LogP) is 3.09. The van der Waals surface area contributed by atoms with Crippen LogP contribution in [-0.4, -0.2) is 20.7 Å². The van der Waals surface area contributed by atoms with Gasteiger partial charge in [0.15, 0.2) is 0 Å². The number of nitrogen functional groups attached to an aromatic ring is 1. The van der Waals surface area contributed by atoms with Gasteiger partial charge in [-0.1, -0.05) is 11.6 Å². The van der Waals surface area contributed by atoms with E-state index in [1.54, 1.807) is 0 Å². The number of aromatic nitrogens is 3. The van der Waals surface area contributed by atoms with E-state index < -0.39 is 0 Å². The molecule has 0 radical (unpaired) electrons. The molecule has 0 unspecified atom stereocenters. The Morgan fingerprint density at radius 2 is 2.14 bits per heavy atom. The lowest BCUT2D eigenvalue weighted by molar-refractivity contribution is 0.0854. The van der Waals surface area contributed by atoms with Gasteiger partial charge in [-0.3, -0.25) is 4.79 Å². The fourth-order valence-electron chi connectivity index (χ4n) is 3.78. The van der Waals surface area contributed by atoms with Crippen molar-refractivity contribution >= 4 is 23.3 Å². The third kappa shape index (κ3) is 2.07. The van der Waals surface area contributed by atoms with Crippen molar-refractivity contribution in [2.24, 2.45) is 0 Å². The lowest BCUT2D eigenvalue weighted by Gasteiger charge is -2.21. The van der Waals surface area contributed by atoms with Gasteiger partial charge in [-0.2, -0.15) is 9.78 Å². The minimum Gasteiger partial charge on any atom is -0.383 e. The number of carbonyl (C=O) groups is 1. The molecule has 0 fully saturated rings. The van der Waals surface area contributed by atoms with Gasteiger partial charge in [-0.05, 0) is 56.6 Å². The SMILES string of the molecule is Nc1c2c(nn1C(=O)[C@@H]1CCCc3[nH]c(Cl)cc31)CCCC2. The third-order valence-corrected chi connectivity index (χ3v) is 5.10. The second-order valence-corrected chi connectivity index (χ2v) is 6.67. The second kappa shape index (κ2) is 5.16. The van der Waals surface area contributed by atoms with E-state index in [0.717, 1.165) is 67.5 Å². The molecule has 0 spiro atoms. The number of halogens is 1. The zero-order valence-corrected chi connectivity index (χ0v) is 13.1. The van der Waals surface area contributed by atoms with Crippen LogP contribution in [0.4, 0.5) is 5.82 Å². The van der Waals surface area contributed by atoms with Crippen molar-refractivity contribution in [3.05, 3.63) is 33.7 Å². The number of hydrogen-bond donors (Lipinski definition) is 2. The van der Waals surface area contributed by atoms with Crippen LogP contribution in [0.2, 0.25) is 5.15 Å². The van der Waals surface area contributed by atoms with Gasteiger partial charge in [-0.25, -0.2) is 0 Å². The van der Waals surface area contributed by atoms with Gasteiger partial charge in [0.1, 0.15) is 11.0 Å². The van der Waals surface area contributed by atoms with Crippen LogP contribution in [0.1, 0.15) is 58.9 Å². The van der Waals surface area contributed by atoms with Gasteiger partial charge in [0, 0.05) is 11.3 Å². The number of aryl methyl sites for hydroxylation is 2. The molecule has 2 aromatic rings. The molecule has 0 saturated carbocycles. The number of fused-ring (bicyclic) bond motifs is 2. The van der Waals surface area contributed by atoms with Crippen LogP contribution in [0.3, 0.4) is 0 Å². The molecule has 0 saturated heterocycles. The summed E-state index contributed by atoms with van der Waals surface area (Å²) in [6.07, 6.45) is 6.84. The van der Waals surface area contributed by atoms with E-state index in [2.05, 4.69) is 10.1 Å². The number of nitrogens with one attached hydrogen (secondary N) is 1. The summed E-state index contributed by atoms with van der Waals surface area (Å²) < 4.78 is 1.44. The molecule has 4 rings (SSSR count). The maximum Gasteiger partial charge on any atom is 0.256 e. The number of carbonyl (C=O) groups excluding carboxylic acids is 1. The highest BCUT2D eigenvalue weighted by molar-refractivity contribution is 6.29. The highest BCUT2D eigenvalue weighted by Crippen LogP contribution is 2.36. The summed E-state index contributed by atoms with van der Waals surface area (Å²) in [7, 11) is 0. The smallest absolute Gasteiger partial charge is 0.256 e. The van der Waals surface area contributed by atoms with Gasteiger partial charge in [0.2, 0.25) is 0 Å². The van der Waals surface area contributed by atoms with Crippen molar-refractivity contribution in [3.63, 3.8) is 0 Å². The Kier molecular flexibility index (Phi) is 3.26. The maximum absolute atomic E-state index is 13.0. The zero-order chi connectivity index (χ0) is 15.3. The first-order valence-electron chi connectivity index (χ1n) is 7.93. The number of nitrogens with zero attached hydrogens (tertiary/aromatic N) is 2. The minimum atomic E-state index is -0.198. The Balaban J connectivity index is 1.72. The minimum absolute atomic E-state index is 0.0245. The molecule has 3 N–H and O–H groups in total. The molecule has 0 amide bonds. The molecule has 2 heterocycles. The summed E-state index contributed by atoms with van der Waals surface area (Å²) in [6, 6.07) is 1.87. The second-order valence-electron chi connectivity index (χ2n) is 6.26. The molecule has 0 aromatic carbocycles. The van der Waals surface area contributed by atoms with Crippen molar-refractivity contribution < 1.29 is 4.79 Å². The van der Waals surface area contributed by atoms with E-state index in [1.807, 2.05) is 6.07 Å². The van der Waals surface area contributed by atoms with Crippen molar-refractivity contribution in [2.75, 3.05) is 5.73 Å². The van der Waals surface area contributed by atoms with Crippen LogP contribution in [0.15, 0.2) is 6.07 Å². The monoisotopic (exact) mass is 318 g/mol. The lowest BCUT2D eigenvalue weighted by Crippen LogP contribution is -2.25. The average molecular weight is 319 g/mol. The van der Waals surface area contributed by atoms with Crippen molar-refractivity contribution in [1.82, 2.24) is 14.8 Å². The molecule has 1 atom stereocenters. The molecule has 2 aromatic heterocycles. The first kappa shape index (κ1) is 13.9. The van der Waals surface area contributed by atoms with Crippen LogP contribution in [-0.2, 0) is 19.3 Å². The number of aromatic amines is 1. The number of H-pyrrole nitrogens is 1. The summed E-state index contributed by atoms with van der Waals surface area (Å²) in [4.78, 5) is 16.1. The van der Waals surface area contributed by atoms with Crippen molar-refractivity contribution in [1.29, 1.82) is 0 Å². The summed E-state index contributed by atoms with van der Waals surface area (Å²) in [5.74, 6) is 0.313. The molecule has 6 heteroatoms. The van der Waals surface area contributed by atoms with Crippen molar-refractivity contribution in [3.8, 4) is 0 Å². The van der Waals surface area contributed by atoms with Crippen LogP contribution >= 0.6 is 11.6 Å². The third-order valence-electron chi connectivity index (χ3n) is 4.90. The first-order chi connectivity index (χ1) is 10.6. The van der Waals surface area contributed by atoms with Crippen molar-refractivity contribution in [2.45, 2.75) is 50.9 Å². The van der Waals surface area contributed by atoms with Crippen LogP contribution in [0.25, 0.3) is 0 Å². The van der Waals surface area contributed by atoms with Crippen LogP contribution in [0.5, 0.6) is 0 Å². The Morgan fingerprint density at radius 3 is 2.95 bits per heavy atom.